The van der Waals surface area contributed by atoms with Gasteiger partial charge in [0.25, 0.3) is 0 Å². The molecule has 0 bridgehead atoms. The Morgan fingerprint density at radius 1 is 1.55 bits per heavy atom. The summed E-state index contributed by atoms with van der Waals surface area (Å²) < 4.78 is 11.2. The molecule has 11 heavy (non-hydrogen) atoms. The van der Waals surface area contributed by atoms with E-state index in [0.29, 0.717) is 5.92 Å². The molecule has 0 aliphatic carbocycles. The summed E-state index contributed by atoms with van der Waals surface area (Å²) in [6, 6.07) is 0. The Balaban J connectivity index is 2.42. The summed E-state index contributed by atoms with van der Waals surface area (Å²) in [5.74, 6) is 0.318. The lowest BCUT2D eigenvalue weighted by molar-refractivity contribution is -0.162. The van der Waals surface area contributed by atoms with Gasteiger partial charge < -0.3 is 9.47 Å². The fourth-order valence-corrected chi connectivity index (χ4v) is 1.64. The third kappa shape index (κ3) is 2.46. The second-order valence-corrected chi connectivity index (χ2v) is 3.97. The molecule has 0 spiro atoms. The summed E-state index contributed by atoms with van der Waals surface area (Å²) in [7, 11) is 0. The molecule has 0 aromatic carbocycles. The molecule has 2 nitrogen and oxygen atoms in total. The Hall–Kier alpha value is -0.0800. The molecule has 0 aromatic rings. The van der Waals surface area contributed by atoms with Gasteiger partial charge in [0.1, 0.15) is 0 Å². The second-order valence-electron chi connectivity index (χ2n) is 3.97. The molecule has 1 fully saturated rings. The number of hydrogen-bond donors (Lipinski definition) is 0. The van der Waals surface area contributed by atoms with E-state index < -0.39 is 0 Å². The van der Waals surface area contributed by atoms with Crippen LogP contribution in [-0.4, -0.2) is 18.5 Å². The maximum absolute atomic E-state index is 5.64. The predicted molar refractivity (Wildman–Crippen MR) is 44.4 cm³/mol. The lowest BCUT2D eigenvalue weighted by Crippen LogP contribution is -2.28. The first kappa shape index (κ1) is 9.01. The van der Waals surface area contributed by atoms with Crippen molar-refractivity contribution in [3.8, 4) is 0 Å². The summed E-state index contributed by atoms with van der Waals surface area (Å²) in [5, 5.41) is 0. The molecule has 0 aromatic heterocycles. The van der Waals surface area contributed by atoms with Gasteiger partial charge in [-0.25, -0.2) is 0 Å². The maximum Gasteiger partial charge on any atom is 0.166 e. The minimum Gasteiger partial charge on any atom is -0.348 e. The molecule has 1 heterocycles. The van der Waals surface area contributed by atoms with E-state index in [2.05, 4.69) is 13.8 Å². The summed E-state index contributed by atoms with van der Waals surface area (Å²) in [4.78, 5) is 0. The maximum atomic E-state index is 5.64. The molecule has 0 N–H and O–H groups in total. The monoisotopic (exact) mass is 158 g/mol. The van der Waals surface area contributed by atoms with Crippen LogP contribution < -0.4 is 0 Å². The summed E-state index contributed by atoms with van der Waals surface area (Å²) in [5.41, 5.74) is 0. The average molecular weight is 158 g/mol. The molecular formula is C9H18O2. The quantitative estimate of drug-likeness (QED) is 0.613. The van der Waals surface area contributed by atoms with Crippen LogP contribution in [-0.2, 0) is 9.47 Å². The third-order valence-electron chi connectivity index (χ3n) is 1.85. The Kier molecular flexibility index (Phi) is 2.55. The molecular weight excluding hydrogens is 140 g/mol. The SMILES string of the molecule is CC(C)C[C@]1(C)OC[C@@H](C)O1. The highest BCUT2D eigenvalue weighted by molar-refractivity contribution is 4.73. The Labute approximate surface area is 68.9 Å². The van der Waals surface area contributed by atoms with Crippen molar-refractivity contribution in [1.29, 1.82) is 0 Å². The van der Waals surface area contributed by atoms with Crippen LogP contribution in [0.25, 0.3) is 0 Å². The van der Waals surface area contributed by atoms with Crippen LogP contribution in [0.4, 0.5) is 0 Å². The normalized spacial score (nSPS) is 38.5. The van der Waals surface area contributed by atoms with E-state index in [1.165, 1.54) is 0 Å². The van der Waals surface area contributed by atoms with Crippen molar-refractivity contribution in [3.63, 3.8) is 0 Å². The summed E-state index contributed by atoms with van der Waals surface area (Å²) in [6.45, 7) is 9.17. The van der Waals surface area contributed by atoms with Gasteiger partial charge in [0, 0.05) is 6.42 Å². The first-order valence-corrected chi connectivity index (χ1v) is 4.33. The molecule has 2 heteroatoms. The number of hydrogen-bond acceptors (Lipinski definition) is 2. The highest BCUT2D eigenvalue weighted by Gasteiger charge is 2.35. The fraction of sp³-hybridized carbons (Fsp3) is 1.00. The van der Waals surface area contributed by atoms with Crippen molar-refractivity contribution in [1.82, 2.24) is 0 Å². The molecule has 1 saturated heterocycles. The van der Waals surface area contributed by atoms with E-state index in [1.54, 1.807) is 0 Å². The molecule has 0 amide bonds. The minimum atomic E-state index is -0.312. The van der Waals surface area contributed by atoms with Crippen LogP contribution in [0, 0.1) is 5.92 Å². The average Bonchev–Trinajstić information content (AvgIpc) is 2.08. The lowest BCUT2D eigenvalue weighted by atomic mass is 10.0. The van der Waals surface area contributed by atoms with Crippen LogP contribution in [0.3, 0.4) is 0 Å². The van der Waals surface area contributed by atoms with E-state index in [1.807, 2.05) is 13.8 Å². The van der Waals surface area contributed by atoms with E-state index in [0.717, 1.165) is 13.0 Å². The molecule has 0 radical (unpaired) electrons. The molecule has 0 unspecified atom stereocenters. The molecule has 66 valence electrons. The minimum absolute atomic E-state index is 0.263. The van der Waals surface area contributed by atoms with Crippen molar-refractivity contribution in [2.45, 2.75) is 46.0 Å². The second kappa shape index (κ2) is 3.11. The standard InChI is InChI=1S/C9H18O2/c1-7(2)5-9(4)10-6-8(3)11-9/h7-8H,5-6H2,1-4H3/t8-,9-/m1/s1. The fourth-order valence-electron chi connectivity index (χ4n) is 1.64. The van der Waals surface area contributed by atoms with Crippen LogP contribution >= 0.6 is 0 Å². The lowest BCUT2D eigenvalue weighted by Gasteiger charge is -2.24. The number of rotatable bonds is 2. The summed E-state index contributed by atoms with van der Waals surface area (Å²) in [6.07, 6.45) is 1.25. The van der Waals surface area contributed by atoms with Gasteiger partial charge in [0.05, 0.1) is 12.7 Å². The zero-order valence-corrected chi connectivity index (χ0v) is 7.89. The smallest absolute Gasteiger partial charge is 0.166 e. The number of ether oxygens (including phenoxy) is 2. The molecule has 0 saturated carbocycles. The van der Waals surface area contributed by atoms with Crippen molar-refractivity contribution in [2.75, 3.05) is 6.61 Å². The van der Waals surface area contributed by atoms with Gasteiger partial charge in [-0.05, 0) is 19.8 Å². The first-order valence-electron chi connectivity index (χ1n) is 4.33. The predicted octanol–water partition coefficient (Wildman–Crippen LogP) is 2.18. The van der Waals surface area contributed by atoms with E-state index in [4.69, 9.17) is 9.47 Å². The Morgan fingerprint density at radius 3 is 2.55 bits per heavy atom. The third-order valence-corrected chi connectivity index (χ3v) is 1.85. The van der Waals surface area contributed by atoms with Crippen molar-refractivity contribution < 1.29 is 9.47 Å². The van der Waals surface area contributed by atoms with Gasteiger partial charge in [-0.1, -0.05) is 13.8 Å². The van der Waals surface area contributed by atoms with Crippen LogP contribution in [0.2, 0.25) is 0 Å². The van der Waals surface area contributed by atoms with Gasteiger partial charge in [-0.15, -0.1) is 0 Å². The molecule has 1 aliphatic rings. The topological polar surface area (TPSA) is 18.5 Å². The largest absolute Gasteiger partial charge is 0.348 e. The van der Waals surface area contributed by atoms with E-state index >= 15 is 0 Å². The Bertz CT molecular complexity index is 134. The van der Waals surface area contributed by atoms with E-state index in [-0.39, 0.29) is 11.9 Å². The van der Waals surface area contributed by atoms with Crippen molar-refractivity contribution in [3.05, 3.63) is 0 Å². The molecule has 1 aliphatic heterocycles. The highest BCUT2D eigenvalue weighted by atomic mass is 16.7. The van der Waals surface area contributed by atoms with Crippen LogP contribution in [0.5, 0.6) is 0 Å². The van der Waals surface area contributed by atoms with Gasteiger partial charge >= 0.3 is 0 Å². The van der Waals surface area contributed by atoms with Crippen molar-refractivity contribution in [2.24, 2.45) is 5.92 Å². The highest BCUT2D eigenvalue weighted by Crippen LogP contribution is 2.29. The molecule has 1 rings (SSSR count). The van der Waals surface area contributed by atoms with E-state index in [9.17, 15) is 0 Å². The molecule has 2 atom stereocenters. The van der Waals surface area contributed by atoms with Gasteiger partial charge in [-0.2, -0.15) is 0 Å². The van der Waals surface area contributed by atoms with Gasteiger partial charge in [0.2, 0.25) is 0 Å². The first-order chi connectivity index (χ1) is 5.02. The summed E-state index contributed by atoms with van der Waals surface area (Å²) >= 11 is 0. The zero-order chi connectivity index (χ0) is 8.48. The van der Waals surface area contributed by atoms with Gasteiger partial charge in [-0.3, -0.25) is 0 Å². The van der Waals surface area contributed by atoms with Crippen LogP contribution in [0.15, 0.2) is 0 Å². The van der Waals surface area contributed by atoms with Crippen molar-refractivity contribution >= 4 is 0 Å². The Morgan fingerprint density at radius 2 is 2.18 bits per heavy atom. The van der Waals surface area contributed by atoms with Gasteiger partial charge in [0.15, 0.2) is 5.79 Å². The zero-order valence-electron chi connectivity index (χ0n) is 7.89. The van der Waals surface area contributed by atoms with Crippen LogP contribution in [0.1, 0.15) is 34.1 Å².